The molecule has 1 aromatic rings. The van der Waals surface area contributed by atoms with E-state index in [1.807, 2.05) is 0 Å². The minimum absolute atomic E-state index is 0.0697. The van der Waals surface area contributed by atoms with Crippen LogP contribution in [-0.2, 0) is 10.9 Å². The summed E-state index contributed by atoms with van der Waals surface area (Å²) in [7, 11) is 1.33. The minimum Gasteiger partial charge on any atom is -0.445 e. The number of carbonyl (C=O) groups excluding carboxylic acids is 1. The molecule has 1 amide bonds. The maximum Gasteiger partial charge on any atom is 0.416 e. The molecule has 0 atom stereocenters. The molecule has 0 fully saturated rings. The van der Waals surface area contributed by atoms with E-state index < -0.39 is 17.8 Å². The van der Waals surface area contributed by atoms with Crippen molar-refractivity contribution in [1.82, 2.24) is 0 Å². The van der Waals surface area contributed by atoms with Crippen molar-refractivity contribution >= 4 is 11.8 Å². The molecule has 0 saturated carbocycles. The molecular formula is C13H13F3NO2. The van der Waals surface area contributed by atoms with Crippen molar-refractivity contribution in [1.29, 1.82) is 0 Å². The van der Waals surface area contributed by atoms with Crippen molar-refractivity contribution < 1.29 is 22.7 Å². The number of ether oxygens (including phenoxy) is 1. The molecule has 1 rings (SSSR count). The van der Waals surface area contributed by atoms with E-state index in [9.17, 15) is 18.0 Å². The van der Waals surface area contributed by atoms with E-state index in [-0.39, 0.29) is 12.3 Å². The summed E-state index contributed by atoms with van der Waals surface area (Å²) in [4.78, 5) is 12.5. The zero-order chi connectivity index (χ0) is 14.5. The first-order valence-corrected chi connectivity index (χ1v) is 5.46. The van der Waals surface area contributed by atoms with Gasteiger partial charge in [0.1, 0.15) is 6.61 Å². The number of halogens is 3. The number of hydrogen-bond acceptors (Lipinski definition) is 2. The van der Waals surface area contributed by atoms with Crippen LogP contribution in [0.1, 0.15) is 12.5 Å². The topological polar surface area (TPSA) is 29.5 Å². The Bertz CT molecular complexity index is 469. The third-order valence-electron chi connectivity index (χ3n) is 2.30. The second-order valence-electron chi connectivity index (χ2n) is 3.68. The van der Waals surface area contributed by atoms with Crippen LogP contribution in [-0.4, -0.2) is 19.7 Å². The molecule has 3 nitrogen and oxygen atoms in total. The maximum absolute atomic E-state index is 12.5. The number of nitrogens with zero attached hydrogens (tertiary/aromatic N) is 1. The number of amides is 1. The van der Waals surface area contributed by atoms with Crippen LogP contribution in [0.25, 0.3) is 0 Å². The smallest absolute Gasteiger partial charge is 0.416 e. The molecular weight excluding hydrogens is 259 g/mol. The summed E-state index contributed by atoms with van der Waals surface area (Å²) in [6.45, 7) is 1.83. The third-order valence-corrected chi connectivity index (χ3v) is 2.30. The number of hydrogen-bond donors (Lipinski definition) is 0. The minimum atomic E-state index is -4.47. The van der Waals surface area contributed by atoms with E-state index in [0.717, 1.165) is 17.0 Å². The molecule has 0 aliphatic rings. The van der Waals surface area contributed by atoms with E-state index in [1.165, 1.54) is 13.1 Å². The molecule has 0 spiro atoms. The number of alkyl halides is 3. The molecule has 0 unspecified atom stereocenters. The van der Waals surface area contributed by atoms with E-state index in [2.05, 4.69) is 6.07 Å². The van der Waals surface area contributed by atoms with Gasteiger partial charge in [0.25, 0.3) is 0 Å². The van der Waals surface area contributed by atoms with Crippen molar-refractivity contribution in [2.75, 3.05) is 18.6 Å². The average Bonchev–Trinajstić information content (AvgIpc) is 2.37. The summed E-state index contributed by atoms with van der Waals surface area (Å²) in [6, 6.07) is 5.33. The molecule has 1 aromatic carbocycles. The number of anilines is 1. The fourth-order valence-electron chi connectivity index (χ4n) is 1.23. The normalized spacial score (nSPS) is 11.6. The van der Waals surface area contributed by atoms with Gasteiger partial charge in [0, 0.05) is 12.7 Å². The Hall–Kier alpha value is -1.98. The van der Waals surface area contributed by atoms with Gasteiger partial charge in [0.2, 0.25) is 0 Å². The van der Waals surface area contributed by atoms with E-state index in [4.69, 9.17) is 4.74 Å². The second-order valence-corrected chi connectivity index (χ2v) is 3.68. The first-order chi connectivity index (χ1) is 8.86. The van der Waals surface area contributed by atoms with E-state index >= 15 is 0 Å². The van der Waals surface area contributed by atoms with Crippen molar-refractivity contribution in [3.63, 3.8) is 0 Å². The molecule has 103 valence electrons. The molecule has 19 heavy (non-hydrogen) atoms. The highest BCUT2D eigenvalue weighted by molar-refractivity contribution is 5.87. The molecule has 6 heteroatoms. The summed E-state index contributed by atoms with van der Waals surface area (Å²) in [5.74, 6) is 0. The van der Waals surface area contributed by atoms with Gasteiger partial charge in [-0.05, 0) is 31.2 Å². The summed E-state index contributed by atoms with van der Waals surface area (Å²) < 4.78 is 42.4. The Morgan fingerprint density at radius 1 is 1.47 bits per heavy atom. The second kappa shape index (κ2) is 6.26. The first-order valence-electron chi connectivity index (χ1n) is 5.46. The number of benzene rings is 1. The lowest BCUT2D eigenvalue weighted by Gasteiger charge is -2.17. The molecule has 0 aliphatic heterocycles. The summed E-state index contributed by atoms with van der Waals surface area (Å²) in [5, 5.41) is 0. The monoisotopic (exact) mass is 272 g/mol. The Morgan fingerprint density at radius 3 is 2.74 bits per heavy atom. The Morgan fingerprint density at radius 2 is 2.16 bits per heavy atom. The van der Waals surface area contributed by atoms with Crippen molar-refractivity contribution in [2.45, 2.75) is 13.1 Å². The molecule has 0 N–H and O–H groups in total. The van der Waals surface area contributed by atoms with Crippen LogP contribution >= 0.6 is 0 Å². The Balaban J connectivity index is 2.82. The van der Waals surface area contributed by atoms with Gasteiger partial charge in [-0.2, -0.15) is 13.2 Å². The lowest BCUT2D eigenvalue weighted by molar-refractivity contribution is -0.137. The Labute approximate surface area is 109 Å². The number of allylic oxidation sites excluding steroid dienone is 1. The molecule has 0 heterocycles. The molecule has 0 aromatic heterocycles. The van der Waals surface area contributed by atoms with Crippen LogP contribution in [0.4, 0.5) is 23.7 Å². The van der Waals surface area contributed by atoms with Crippen molar-refractivity contribution in [3.05, 3.63) is 42.0 Å². The summed E-state index contributed by atoms with van der Waals surface area (Å²) >= 11 is 0. The molecule has 0 bridgehead atoms. The van der Waals surface area contributed by atoms with Crippen molar-refractivity contribution in [2.24, 2.45) is 0 Å². The van der Waals surface area contributed by atoms with Gasteiger partial charge >= 0.3 is 12.3 Å². The lowest BCUT2D eigenvalue weighted by atomic mass is 10.2. The van der Waals surface area contributed by atoms with Crippen molar-refractivity contribution in [3.8, 4) is 0 Å². The van der Waals surface area contributed by atoms with Gasteiger partial charge in [-0.1, -0.05) is 12.2 Å². The van der Waals surface area contributed by atoms with Gasteiger partial charge in [-0.15, -0.1) is 0 Å². The average molecular weight is 272 g/mol. The quantitative estimate of drug-likeness (QED) is 0.786. The van der Waals surface area contributed by atoms with Crippen LogP contribution in [0.3, 0.4) is 0 Å². The van der Waals surface area contributed by atoms with Gasteiger partial charge in [0.15, 0.2) is 0 Å². The van der Waals surface area contributed by atoms with E-state index in [0.29, 0.717) is 0 Å². The van der Waals surface area contributed by atoms with Crippen LogP contribution in [0.15, 0.2) is 30.4 Å². The fourth-order valence-corrected chi connectivity index (χ4v) is 1.23. The van der Waals surface area contributed by atoms with Gasteiger partial charge in [0.05, 0.1) is 5.56 Å². The Kier molecular flexibility index (Phi) is 4.97. The fraction of sp³-hybridized carbons (Fsp3) is 0.308. The predicted molar refractivity (Wildman–Crippen MR) is 64.8 cm³/mol. The zero-order valence-corrected chi connectivity index (χ0v) is 10.5. The highest BCUT2D eigenvalue weighted by atomic mass is 19.4. The zero-order valence-electron chi connectivity index (χ0n) is 10.5. The van der Waals surface area contributed by atoms with Gasteiger partial charge in [-0.25, -0.2) is 4.79 Å². The lowest BCUT2D eigenvalue weighted by Crippen LogP contribution is -2.27. The molecule has 0 aliphatic carbocycles. The van der Waals surface area contributed by atoms with Gasteiger partial charge in [-0.3, -0.25) is 4.90 Å². The molecule has 1 radical (unpaired) electrons. The predicted octanol–water partition coefficient (Wildman–Crippen LogP) is 3.65. The highest BCUT2D eigenvalue weighted by Gasteiger charge is 2.31. The largest absolute Gasteiger partial charge is 0.445 e. The SMILES string of the molecule is CC=CCOC(=O)N(C)c1c[c]cc(C(F)(F)F)c1. The highest BCUT2D eigenvalue weighted by Crippen LogP contribution is 2.31. The van der Waals surface area contributed by atoms with Crippen LogP contribution < -0.4 is 4.90 Å². The maximum atomic E-state index is 12.5. The van der Waals surface area contributed by atoms with Crippen LogP contribution in [0.5, 0.6) is 0 Å². The van der Waals surface area contributed by atoms with E-state index in [1.54, 1.807) is 19.1 Å². The van der Waals surface area contributed by atoms with Gasteiger partial charge < -0.3 is 4.74 Å². The standard InChI is InChI=1S/C13H13F3NO2/c1-3-4-8-19-12(18)17(2)11-7-5-6-10(9-11)13(14,15)16/h3-4,6-7,9H,8H2,1-2H3. The number of carbonyl (C=O) groups is 1. The molecule has 0 saturated heterocycles. The van der Waals surface area contributed by atoms with Crippen LogP contribution in [0, 0.1) is 6.07 Å². The first kappa shape index (κ1) is 15.1. The summed E-state index contributed by atoms with van der Waals surface area (Å²) in [5.41, 5.74) is -0.793. The summed E-state index contributed by atoms with van der Waals surface area (Å²) in [6.07, 6.45) is -1.89. The third kappa shape index (κ3) is 4.31. The number of rotatable bonds is 3. The van der Waals surface area contributed by atoms with Crippen LogP contribution in [0.2, 0.25) is 0 Å².